The summed E-state index contributed by atoms with van der Waals surface area (Å²) in [5, 5.41) is 0.282. The first-order valence-corrected chi connectivity index (χ1v) is 27.8. The molecule has 4 rings (SSSR count). The van der Waals surface area contributed by atoms with Gasteiger partial charge in [-0.3, -0.25) is 4.72 Å². The van der Waals surface area contributed by atoms with Gasteiger partial charge < -0.3 is 14.6 Å². The van der Waals surface area contributed by atoms with E-state index in [1.54, 1.807) is 54.9 Å². The number of rotatable bonds is 10. The second kappa shape index (κ2) is 18.7. The predicted octanol–water partition coefficient (Wildman–Crippen LogP) is 11.2. The summed E-state index contributed by atoms with van der Waals surface area (Å²) in [7, 11) is -5.78. The number of sulfonamides is 1. The summed E-state index contributed by atoms with van der Waals surface area (Å²) < 4.78 is 61.6. The molecule has 2 heterocycles. The molecule has 304 valence electrons. The molecule has 2 aromatic carbocycles. The lowest BCUT2D eigenvalue weighted by atomic mass is 10.0. The molecule has 0 bridgehead atoms. The number of nitrogens with two attached hydrogens (primary N) is 1. The third-order valence-electron chi connectivity index (χ3n) is 9.78. The van der Waals surface area contributed by atoms with Gasteiger partial charge in [-0.25, -0.2) is 26.8 Å². The number of nitrogens with zero attached hydrogens (tertiary/aromatic N) is 2. The SMILES string of the molecule is CC(C)(C)[Si](C)(C)Oc1ccc(N)nc1.CC(C)c1ccc(S(=O)(=O)Cl)cc1.CC(C)c1ccc(S(=O)(=O)Nc2ccc(O[Si](C)(C)C(C)(C)C)cn2)cc1. The third kappa shape index (κ3) is 14.9. The molecule has 3 N–H and O–H groups in total. The molecule has 0 amide bonds. The van der Waals surface area contributed by atoms with Crippen molar-refractivity contribution >= 4 is 58.0 Å². The van der Waals surface area contributed by atoms with Gasteiger partial charge in [0.2, 0.25) is 0 Å². The third-order valence-corrected chi connectivity index (χ3v) is 21.2. The van der Waals surface area contributed by atoms with Crippen LogP contribution in [0.4, 0.5) is 11.6 Å². The van der Waals surface area contributed by atoms with Crippen LogP contribution in [0.25, 0.3) is 0 Å². The number of nitrogen functional groups attached to an aromatic ring is 1. The minimum atomic E-state index is -3.67. The molecule has 2 aromatic heterocycles. The average Bonchev–Trinajstić information content (AvgIpc) is 3.05. The Morgan fingerprint density at radius 3 is 1.31 bits per heavy atom. The van der Waals surface area contributed by atoms with Crippen molar-refractivity contribution in [1.29, 1.82) is 0 Å². The van der Waals surface area contributed by atoms with E-state index in [0.717, 1.165) is 16.9 Å². The molecule has 0 saturated carbocycles. The number of anilines is 2. The highest BCUT2D eigenvalue weighted by atomic mass is 35.7. The Morgan fingerprint density at radius 1 is 0.618 bits per heavy atom. The normalized spacial score (nSPS) is 12.6. The van der Waals surface area contributed by atoms with Crippen LogP contribution in [0.2, 0.25) is 36.3 Å². The van der Waals surface area contributed by atoms with Crippen LogP contribution in [0.15, 0.2) is 95.0 Å². The molecular weight excluding hydrogens is 788 g/mol. The lowest BCUT2D eigenvalue weighted by Crippen LogP contribution is -2.43. The minimum Gasteiger partial charge on any atom is -0.542 e. The summed E-state index contributed by atoms with van der Waals surface area (Å²) in [4.78, 5) is 8.60. The molecule has 0 aliphatic rings. The fraction of sp³-hybridized carbons (Fsp3) is 0.450. The van der Waals surface area contributed by atoms with Crippen LogP contribution in [0, 0.1) is 0 Å². The second-order valence-electron chi connectivity index (χ2n) is 17.0. The van der Waals surface area contributed by atoms with E-state index in [1.165, 1.54) is 12.1 Å². The maximum Gasteiger partial charge on any atom is 0.263 e. The molecule has 0 unspecified atom stereocenters. The van der Waals surface area contributed by atoms with Crippen molar-refractivity contribution in [3.8, 4) is 11.5 Å². The van der Waals surface area contributed by atoms with Crippen LogP contribution in [0.5, 0.6) is 11.5 Å². The van der Waals surface area contributed by atoms with E-state index in [1.807, 2.05) is 32.0 Å². The number of halogens is 1. The second-order valence-corrected chi connectivity index (χ2v) is 30.7. The summed E-state index contributed by atoms with van der Waals surface area (Å²) in [5.74, 6) is 3.02. The van der Waals surface area contributed by atoms with Crippen molar-refractivity contribution in [1.82, 2.24) is 9.97 Å². The molecule has 0 atom stereocenters. The summed E-state index contributed by atoms with van der Waals surface area (Å²) in [6.07, 6.45) is 3.26. The number of pyridine rings is 2. The summed E-state index contributed by atoms with van der Waals surface area (Å²) >= 11 is 0. The first-order chi connectivity index (χ1) is 24.9. The predicted molar refractivity (Wildman–Crippen MR) is 233 cm³/mol. The molecule has 4 aromatic rings. The Kier molecular flexibility index (Phi) is 16.2. The highest BCUT2D eigenvalue weighted by molar-refractivity contribution is 8.13. The number of hydrogen-bond donors (Lipinski definition) is 2. The van der Waals surface area contributed by atoms with Crippen LogP contribution >= 0.6 is 10.7 Å². The van der Waals surface area contributed by atoms with Crippen molar-refractivity contribution in [2.45, 2.75) is 127 Å². The molecule has 0 aliphatic heterocycles. The topological polar surface area (TPSA) is 151 Å². The van der Waals surface area contributed by atoms with E-state index in [2.05, 4.69) is 96.3 Å². The van der Waals surface area contributed by atoms with Crippen molar-refractivity contribution in [3.05, 3.63) is 96.3 Å². The summed E-state index contributed by atoms with van der Waals surface area (Å²) in [5.41, 5.74) is 7.72. The van der Waals surface area contributed by atoms with Crippen molar-refractivity contribution < 1.29 is 25.7 Å². The van der Waals surface area contributed by atoms with Gasteiger partial charge in [-0.05, 0) is 108 Å². The smallest absolute Gasteiger partial charge is 0.263 e. The van der Waals surface area contributed by atoms with Gasteiger partial charge in [-0.1, -0.05) is 93.5 Å². The zero-order valence-electron chi connectivity index (χ0n) is 34.9. The van der Waals surface area contributed by atoms with Gasteiger partial charge in [-0.15, -0.1) is 0 Å². The van der Waals surface area contributed by atoms with Crippen LogP contribution in [-0.4, -0.2) is 43.4 Å². The van der Waals surface area contributed by atoms with E-state index < -0.39 is 35.7 Å². The lowest BCUT2D eigenvalue weighted by molar-refractivity contribution is 0.490. The highest BCUT2D eigenvalue weighted by Crippen LogP contribution is 2.38. The van der Waals surface area contributed by atoms with Crippen LogP contribution < -0.4 is 19.3 Å². The molecule has 0 fully saturated rings. The van der Waals surface area contributed by atoms with Crippen molar-refractivity contribution in [2.75, 3.05) is 10.5 Å². The Bertz CT molecular complexity index is 2030. The van der Waals surface area contributed by atoms with Crippen molar-refractivity contribution in [3.63, 3.8) is 0 Å². The van der Waals surface area contributed by atoms with E-state index in [0.29, 0.717) is 23.4 Å². The van der Waals surface area contributed by atoms with Gasteiger partial charge in [0, 0.05) is 10.7 Å². The molecule has 0 radical (unpaired) electrons. The monoisotopic (exact) mass is 848 g/mol. The van der Waals surface area contributed by atoms with Gasteiger partial charge in [0.1, 0.15) is 23.1 Å². The lowest BCUT2D eigenvalue weighted by Gasteiger charge is -2.36. The van der Waals surface area contributed by atoms with Crippen LogP contribution in [-0.2, 0) is 19.1 Å². The Balaban J connectivity index is 0.000000314. The Labute approximate surface area is 337 Å². The van der Waals surface area contributed by atoms with Gasteiger partial charge in [0.15, 0.2) is 0 Å². The van der Waals surface area contributed by atoms with E-state index in [-0.39, 0.29) is 25.7 Å². The maximum atomic E-state index is 12.6. The molecule has 55 heavy (non-hydrogen) atoms. The Hall–Kier alpha value is -3.44. The highest BCUT2D eigenvalue weighted by Gasteiger charge is 2.40. The van der Waals surface area contributed by atoms with E-state index in [4.69, 9.17) is 25.3 Å². The quantitative estimate of drug-likeness (QED) is 0.117. The number of nitrogens with one attached hydrogen (secondary N) is 1. The maximum absolute atomic E-state index is 12.6. The van der Waals surface area contributed by atoms with Crippen LogP contribution in [0.3, 0.4) is 0 Å². The van der Waals surface area contributed by atoms with Crippen molar-refractivity contribution in [2.24, 2.45) is 0 Å². The molecule has 10 nitrogen and oxygen atoms in total. The van der Waals surface area contributed by atoms with Gasteiger partial charge in [-0.2, -0.15) is 0 Å². The zero-order chi connectivity index (χ0) is 42.2. The number of hydrogen-bond acceptors (Lipinski definition) is 9. The Morgan fingerprint density at radius 2 is 1.00 bits per heavy atom. The summed E-state index contributed by atoms with van der Waals surface area (Å²) in [6.45, 7) is 30.1. The molecule has 0 aliphatic carbocycles. The van der Waals surface area contributed by atoms with E-state index >= 15 is 0 Å². The minimum absolute atomic E-state index is 0.0788. The molecule has 15 heteroatoms. The van der Waals surface area contributed by atoms with Gasteiger partial charge >= 0.3 is 0 Å². The average molecular weight is 850 g/mol. The standard InChI is InChI=1S/C20H30N2O3SSi.C11H20N2OSi.C9H11ClO2S/c1-15(2)16-8-11-18(12-9-16)26(23,24)22-19-13-10-17(14-21-19)25-27(6,7)20(3,4)5;1-11(2,3)15(4,5)14-9-6-7-10(12)13-8-9;1-7(2)8-3-5-9(6-4-8)13(10,11)12/h8-15H,1-7H3,(H,21,22);6-8H,1-5H3,(H2,12,13);3-7H,1-2H3. The first-order valence-electron chi connectivity index (χ1n) is 18.2. The fourth-order valence-electron chi connectivity index (χ4n) is 4.09. The number of benzene rings is 2. The molecular formula is C40H61ClN4O6S2Si2. The zero-order valence-corrected chi connectivity index (χ0v) is 39.2. The van der Waals surface area contributed by atoms with Gasteiger partial charge in [0.25, 0.3) is 35.7 Å². The molecule has 0 spiro atoms. The van der Waals surface area contributed by atoms with Crippen LogP contribution in [0.1, 0.15) is 92.2 Å². The molecule has 0 saturated heterocycles. The van der Waals surface area contributed by atoms with E-state index in [9.17, 15) is 16.8 Å². The van der Waals surface area contributed by atoms with Gasteiger partial charge in [0.05, 0.1) is 22.2 Å². The summed E-state index contributed by atoms with van der Waals surface area (Å²) in [6, 6.07) is 20.5. The fourth-order valence-corrected chi connectivity index (χ4v) is 7.90. The number of aromatic nitrogens is 2. The first kappa shape index (κ1) is 47.7. The largest absolute Gasteiger partial charge is 0.542 e.